The Labute approximate surface area is 107 Å². The molecule has 0 atom stereocenters. The predicted octanol–water partition coefficient (Wildman–Crippen LogP) is 3.85. The fourth-order valence-electron chi connectivity index (χ4n) is 2.01. The molecule has 0 bridgehead atoms. The Balaban J connectivity index is 2.00. The number of hydrogen-bond donors (Lipinski definition) is 0. The van der Waals surface area contributed by atoms with Gasteiger partial charge in [-0.1, -0.05) is 42.0 Å². The summed E-state index contributed by atoms with van der Waals surface area (Å²) in [5.74, 6) is 0. The van der Waals surface area contributed by atoms with Crippen LogP contribution in [0.5, 0.6) is 0 Å². The molecule has 1 heterocycles. The molecule has 2 nitrogen and oxygen atoms in total. The quantitative estimate of drug-likeness (QED) is 0.658. The Hall–Kier alpha value is -2.35. The van der Waals surface area contributed by atoms with Gasteiger partial charge in [0.05, 0.1) is 11.4 Å². The van der Waals surface area contributed by atoms with E-state index in [1.807, 2.05) is 47.3 Å². The van der Waals surface area contributed by atoms with Crippen molar-refractivity contribution >= 4 is 0 Å². The lowest BCUT2D eigenvalue weighted by molar-refractivity contribution is 0.884. The number of benzene rings is 2. The van der Waals surface area contributed by atoms with E-state index in [4.69, 9.17) is 0 Å². The number of aromatic nitrogens is 2. The van der Waals surface area contributed by atoms with E-state index in [0.717, 1.165) is 16.9 Å². The zero-order valence-corrected chi connectivity index (χ0v) is 10.2. The predicted molar refractivity (Wildman–Crippen MR) is 73.7 cm³/mol. The summed E-state index contributed by atoms with van der Waals surface area (Å²) in [5, 5.41) is 4.61. The van der Waals surface area contributed by atoms with Crippen LogP contribution >= 0.6 is 0 Å². The molecule has 88 valence electrons. The second kappa shape index (κ2) is 4.49. The van der Waals surface area contributed by atoms with Gasteiger partial charge in [0, 0.05) is 11.8 Å². The van der Waals surface area contributed by atoms with Crippen LogP contribution in [-0.4, -0.2) is 9.78 Å². The van der Waals surface area contributed by atoms with Crippen molar-refractivity contribution in [2.75, 3.05) is 0 Å². The molecule has 0 aliphatic heterocycles. The van der Waals surface area contributed by atoms with E-state index in [-0.39, 0.29) is 0 Å². The molecule has 0 saturated heterocycles. The molecule has 0 amide bonds. The molecular formula is C16H14N2. The van der Waals surface area contributed by atoms with Crippen LogP contribution in [-0.2, 0) is 0 Å². The van der Waals surface area contributed by atoms with Gasteiger partial charge in [0.15, 0.2) is 0 Å². The van der Waals surface area contributed by atoms with Crippen LogP contribution in [0.15, 0.2) is 66.9 Å². The summed E-state index contributed by atoms with van der Waals surface area (Å²) in [4.78, 5) is 0. The van der Waals surface area contributed by atoms with Gasteiger partial charge in [0.25, 0.3) is 0 Å². The molecule has 3 rings (SSSR count). The molecule has 0 N–H and O–H groups in total. The Morgan fingerprint density at radius 2 is 1.72 bits per heavy atom. The molecule has 18 heavy (non-hydrogen) atoms. The van der Waals surface area contributed by atoms with Crippen molar-refractivity contribution in [3.05, 3.63) is 72.4 Å². The number of para-hydroxylation sites is 1. The number of rotatable bonds is 2. The maximum absolute atomic E-state index is 4.61. The third-order valence-electron chi connectivity index (χ3n) is 2.92. The Kier molecular flexibility index (Phi) is 2.69. The number of hydrogen-bond acceptors (Lipinski definition) is 1. The fraction of sp³-hybridized carbons (Fsp3) is 0.0625. The monoisotopic (exact) mass is 234 g/mol. The lowest BCUT2D eigenvalue weighted by atomic mass is 10.1. The molecule has 3 aromatic rings. The first-order valence-electron chi connectivity index (χ1n) is 6.01. The highest BCUT2D eigenvalue weighted by molar-refractivity contribution is 5.59. The van der Waals surface area contributed by atoms with Gasteiger partial charge in [-0.25, -0.2) is 4.68 Å². The van der Waals surface area contributed by atoms with Crippen molar-refractivity contribution in [2.45, 2.75) is 6.92 Å². The Bertz CT molecular complexity index is 654. The summed E-state index contributed by atoms with van der Waals surface area (Å²) < 4.78 is 1.90. The van der Waals surface area contributed by atoms with Gasteiger partial charge in [-0.05, 0) is 31.2 Å². The summed E-state index contributed by atoms with van der Waals surface area (Å²) in [6.07, 6.45) is 1.99. The van der Waals surface area contributed by atoms with Crippen molar-refractivity contribution in [2.24, 2.45) is 0 Å². The van der Waals surface area contributed by atoms with Crippen LogP contribution in [0.4, 0.5) is 0 Å². The second-order valence-electron chi connectivity index (χ2n) is 4.35. The minimum absolute atomic E-state index is 1.00. The molecular weight excluding hydrogens is 220 g/mol. The van der Waals surface area contributed by atoms with Crippen molar-refractivity contribution in [3.8, 4) is 16.9 Å². The number of nitrogens with zero attached hydrogens (tertiary/aromatic N) is 2. The fourth-order valence-corrected chi connectivity index (χ4v) is 2.01. The first-order chi connectivity index (χ1) is 8.83. The van der Waals surface area contributed by atoms with E-state index in [1.54, 1.807) is 0 Å². The smallest absolute Gasteiger partial charge is 0.0927 e. The van der Waals surface area contributed by atoms with Crippen molar-refractivity contribution in [1.82, 2.24) is 9.78 Å². The van der Waals surface area contributed by atoms with E-state index in [0.29, 0.717) is 0 Å². The van der Waals surface area contributed by atoms with Crippen LogP contribution in [0.3, 0.4) is 0 Å². The summed E-state index contributed by atoms with van der Waals surface area (Å²) >= 11 is 0. The molecule has 0 fully saturated rings. The minimum atomic E-state index is 1.00. The highest BCUT2D eigenvalue weighted by Gasteiger charge is 2.03. The third-order valence-corrected chi connectivity index (χ3v) is 2.92. The highest BCUT2D eigenvalue weighted by Crippen LogP contribution is 2.19. The lowest BCUT2D eigenvalue weighted by Gasteiger charge is -2.01. The molecule has 0 spiro atoms. The zero-order chi connectivity index (χ0) is 12.4. The van der Waals surface area contributed by atoms with Gasteiger partial charge in [-0.15, -0.1) is 0 Å². The van der Waals surface area contributed by atoms with E-state index >= 15 is 0 Å². The van der Waals surface area contributed by atoms with Gasteiger partial charge in [-0.2, -0.15) is 5.10 Å². The summed E-state index contributed by atoms with van der Waals surface area (Å²) in [6, 6.07) is 20.6. The van der Waals surface area contributed by atoms with E-state index < -0.39 is 0 Å². The second-order valence-corrected chi connectivity index (χ2v) is 4.35. The first-order valence-corrected chi connectivity index (χ1v) is 6.01. The van der Waals surface area contributed by atoms with Crippen LogP contribution in [0.25, 0.3) is 16.9 Å². The molecule has 0 aliphatic rings. The lowest BCUT2D eigenvalue weighted by Crippen LogP contribution is -1.94. The topological polar surface area (TPSA) is 17.8 Å². The summed E-state index contributed by atoms with van der Waals surface area (Å²) in [7, 11) is 0. The van der Waals surface area contributed by atoms with E-state index in [1.165, 1.54) is 5.56 Å². The van der Waals surface area contributed by atoms with Crippen molar-refractivity contribution in [3.63, 3.8) is 0 Å². The normalized spacial score (nSPS) is 10.5. The summed E-state index contributed by atoms with van der Waals surface area (Å²) in [6.45, 7) is 2.09. The van der Waals surface area contributed by atoms with E-state index in [2.05, 4.69) is 36.3 Å². The van der Waals surface area contributed by atoms with Crippen LogP contribution < -0.4 is 0 Å². The average Bonchev–Trinajstić information content (AvgIpc) is 2.89. The number of aryl methyl sites for hydroxylation is 1. The molecule has 0 unspecified atom stereocenters. The molecule has 0 radical (unpaired) electrons. The minimum Gasteiger partial charge on any atom is -0.240 e. The van der Waals surface area contributed by atoms with Gasteiger partial charge in [-0.3, -0.25) is 0 Å². The Morgan fingerprint density at radius 1 is 0.889 bits per heavy atom. The van der Waals surface area contributed by atoms with Gasteiger partial charge in [0.1, 0.15) is 0 Å². The largest absolute Gasteiger partial charge is 0.240 e. The molecule has 1 aromatic heterocycles. The SMILES string of the molecule is Cc1cccc(-c2ccn(-c3ccccc3)n2)c1. The van der Waals surface area contributed by atoms with Crippen molar-refractivity contribution in [1.29, 1.82) is 0 Å². The maximum Gasteiger partial charge on any atom is 0.0927 e. The van der Waals surface area contributed by atoms with Crippen LogP contribution in [0.2, 0.25) is 0 Å². The van der Waals surface area contributed by atoms with Crippen LogP contribution in [0.1, 0.15) is 5.56 Å². The van der Waals surface area contributed by atoms with Crippen LogP contribution in [0, 0.1) is 6.92 Å². The average molecular weight is 234 g/mol. The van der Waals surface area contributed by atoms with E-state index in [9.17, 15) is 0 Å². The highest BCUT2D eigenvalue weighted by atomic mass is 15.3. The Morgan fingerprint density at radius 3 is 2.50 bits per heavy atom. The molecule has 0 aliphatic carbocycles. The van der Waals surface area contributed by atoms with Gasteiger partial charge >= 0.3 is 0 Å². The maximum atomic E-state index is 4.61. The van der Waals surface area contributed by atoms with Gasteiger partial charge in [0.2, 0.25) is 0 Å². The van der Waals surface area contributed by atoms with Crippen molar-refractivity contribution < 1.29 is 0 Å². The zero-order valence-electron chi connectivity index (χ0n) is 10.2. The molecule has 2 heteroatoms. The van der Waals surface area contributed by atoms with Gasteiger partial charge < -0.3 is 0 Å². The summed E-state index contributed by atoms with van der Waals surface area (Å²) in [5.41, 5.74) is 4.49. The molecule has 2 aromatic carbocycles. The standard InChI is InChI=1S/C16H14N2/c1-13-6-5-7-14(12-13)16-10-11-18(17-16)15-8-3-2-4-9-15/h2-12H,1H3. The first kappa shape index (κ1) is 10.8. The molecule has 0 saturated carbocycles. The third kappa shape index (κ3) is 2.05.